The first-order chi connectivity index (χ1) is 12.8. The van der Waals surface area contributed by atoms with Gasteiger partial charge in [-0.25, -0.2) is 4.98 Å². The molecule has 12 heteroatoms. The number of anilines is 1. The van der Waals surface area contributed by atoms with Gasteiger partial charge in [0.25, 0.3) is 5.56 Å². The first-order valence-corrected chi connectivity index (χ1v) is 9.59. The standard InChI is InChI=1S/C15H20N5O6P/c1-7(2)13(22)18-15-17-12-11(14(23)19-15)16-6-20(12)9-3-8(5-21)10(4-9)26-27(24)25/h6-10,21H,3-5H2,1-2H3,(H2,17,18,19,22,23)/t8-,9-,10+/m1/s1. The summed E-state index contributed by atoms with van der Waals surface area (Å²) < 4.78 is 17.4. The van der Waals surface area contributed by atoms with E-state index in [1.807, 2.05) is 0 Å². The second kappa shape index (κ2) is 7.81. The summed E-state index contributed by atoms with van der Waals surface area (Å²) in [6, 6.07) is -0.255. The van der Waals surface area contributed by atoms with E-state index >= 15 is 0 Å². The van der Waals surface area contributed by atoms with Crippen LogP contribution in [0.1, 0.15) is 32.7 Å². The molecule has 2 aromatic rings. The Balaban J connectivity index is 1.93. The average molecular weight is 397 g/mol. The van der Waals surface area contributed by atoms with E-state index in [9.17, 15) is 24.2 Å². The van der Waals surface area contributed by atoms with Crippen molar-refractivity contribution < 1.29 is 23.9 Å². The van der Waals surface area contributed by atoms with Gasteiger partial charge in [0.1, 0.15) is 6.10 Å². The Kier molecular flexibility index (Phi) is 5.66. The summed E-state index contributed by atoms with van der Waals surface area (Å²) in [5.74, 6) is -0.928. The molecule has 0 radical (unpaired) electrons. The van der Waals surface area contributed by atoms with Crippen LogP contribution in [0.4, 0.5) is 5.95 Å². The largest absolute Gasteiger partial charge is 0.566 e. The van der Waals surface area contributed by atoms with Gasteiger partial charge in [0, 0.05) is 24.5 Å². The molecule has 146 valence electrons. The number of aromatic nitrogens is 4. The molecule has 0 bridgehead atoms. The number of imidazole rings is 1. The summed E-state index contributed by atoms with van der Waals surface area (Å²) in [6.45, 7) is 3.20. The summed E-state index contributed by atoms with van der Waals surface area (Å²) in [6.07, 6.45) is 1.56. The molecule has 1 aliphatic carbocycles. The number of hydrogen-bond donors (Lipinski definition) is 3. The highest BCUT2D eigenvalue weighted by molar-refractivity contribution is 7.30. The van der Waals surface area contributed by atoms with Crippen LogP contribution in [0.25, 0.3) is 11.2 Å². The minimum Gasteiger partial charge on any atom is -0.566 e. The zero-order valence-corrected chi connectivity index (χ0v) is 15.7. The van der Waals surface area contributed by atoms with Crippen molar-refractivity contribution in [2.45, 2.75) is 38.8 Å². The maximum atomic E-state index is 12.2. The minimum absolute atomic E-state index is 0.0140. The van der Waals surface area contributed by atoms with Gasteiger partial charge in [-0.2, -0.15) is 4.98 Å². The van der Waals surface area contributed by atoms with Gasteiger partial charge in [-0.15, -0.1) is 4.52 Å². The Hall–Kier alpha value is -2.20. The van der Waals surface area contributed by atoms with Crippen molar-refractivity contribution in [3.63, 3.8) is 0 Å². The fourth-order valence-electron chi connectivity index (χ4n) is 3.23. The number of carbonyl (C=O) groups is 1. The molecule has 2 heterocycles. The van der Waals surface area contributed by atoms with E-state index in [0.29, 0.717) is 12.8 Å². The number of hydrogen-bond acceptors (Lipinski definition) is 8. The van der Waals surface area contributed by atoms with Crippen molar-refractivity contribution in [3.05, 3.63) is 16.7 Å². The molecule has 3 rings (SSSR count). The molecule has 27 heavy (non-hydrogen) atoms. The van der Waals surface area contributed by atoms with Crippen LogP contribution in [0, 0.1) is 11.8 Å². The van der Waals surface area contributed by atoms with Gasteiger partial charge in [-0.1, -0.05) is 13.8 Å². The molecule has 0 spiro atoms. The molecule has 11 nitrogen and oxygen atoms in total. The number of nitrogens with one attached hydrogen (secondary N) is 2. The molecule has 4 atom stereocenters. The average Bonchev–Trinajstić information content (AvgIpc) is 3.18. The lowest BCUT2D eigenvalue weighted by Crippen LogP contribution is -2.22. The van der Waals surface area contributed by atoms with E-state index in [1.54, 1.807) is 18.4 Å². The zero-order valence-electron chi connectivity index (χ0n) is 14.8. The lowest BCUT2D eigenvalue weighted by atomic mass is 10.1. The van der Waals surface area contributed by atoms with Crippen molar-refractivity contribution >= 4 is 31.3 Å². The molecule has 3 N–H and O–H groups in total. The number of rotatable bonds is 6. The van der Waals surface area contributed by atoms with E-state index in [0.717, 1.165) is 0 Å². The number of amides is 1. The summed E-state index contributed by atoms with van der Waals surface area (Å²) in [7, 11) is -3.04. The maximum Gasteiger partial charge on any atom is 0.488 e. The highest BCUT2D eigenvalue weighted by atomic mass is 31.1. The fourth-order valence-corrected chi connectivity index (χ4v) is 3.71. The first-order valence-electron chi connectivity index (χ1n) is 8.49. The Morgan fingerprint density at radius 1 is 1.56 bits per heavy atom. The van der Waals surface area contributed by atoms with Crippen LogP contribution < -0.4 is 15.8 Å². The van der Waals surface area contributed by atoms with Crippen LogP contribution in [0.2, 0.25) is 0 Å². The van der Waals surface area contributed by atoms with Crippen molar-refractivity contribution in [1.29, 1.82) is 0 Å². The molecule has 0 saturated heterocycles. The molecule has 1 unspecified atom stereocenters. The number of nitrogens with zero attached hydrogens (tertiary/aromatic N) is 3. The predicted molar refractivity (Wildman–Crippen MR) is 92.9 cm³/mol. The van der Waals surface area contributed by atoms with Crippen LogP contribution in [-0.4, -0.2) is 43.2 Å². The van der Waals surface area contributed by atoms with E-state index in [2.05, 4.69) is 20.3 Å². The molecule has 0 aromatic carbocycles. The van der Waals surface area contributed by atoms with Crippen LogP contribution in [-0.2, 0) is 13.9 Å². The summed E-state index contributed by atoms with van der Waals surface area (Å²) >= 11 is 0. The Bertz CT molecular complexity index is 925. The van der Waals surface area contributed by atoms with Gasteiger partial charge in [0.15, 0.2) is 11.2 Å². The van der Waals surface area contributed by atoms with Crippen molar-refractivity contribution in [3.8, 4) is 0 Å². The molecule has 1 saturated carbocycles. The first kappa shape index (κ1) is 19.6. The molecule has 1 fully saturated rings. The number of carbonyl (C=O) groups excluding carboxylic acids is 1. The smallest absolute Gasteiger partial charge is 0.488 e. The number of fused-ring (bicyclic) bond motifs is 1. The monoisotopic (exact) mass is 397 g/mol. The van der Waals surface area contributed by atoms with Crippen molar-refractivity contribution in [1.82, 2.24) is 19.5 Å². The van der Waals surface area contributed by atoms with Gasteiger partial charge in [0.2, 0.25) is 11.9 Å². The zero-order chi connectivity index (χ0) is 19.7. The van der Waals surface area contributed by atoms with Crippen LogP contribution in [0.5, 0.6) is 0 Å². The second-order valence-corrected chi connectivity index (χ2v) is 7.48. The van der Waals surface area contributed by atoms with Crippen LogP contribution in [0.3, 0.4) is 0 Å². The van der Waals surface area contributed by atoms with Crippen molar-refractivity contribution in [2.24, 2.45) is 11.8 Å². The Labute approximate surface area is 154 Å². The quantitative estimate of drug-likeness (QED) is 0.576. The summed E-state index contributed by atoms with van der Waals surface area (Å²) in [5.41, 5.74) is -0.117. The predicted octanol–water partition coefficient (Wildman–Crippen LogP) is 0.0604. The SMILES string of the molecule is CC(C)C(=O)Nc1nc2c(ncn2[C@@H]2C[C@H](CO)[C@@H](O[P+](=O)[O-])C2)c(=O)[nH]1. The topological polar surface area (TPSA) is 162 Å². The normalized spacial score (nSPS) is 23.1. The van der Waals surface area contributed by atoms with Gasteiger partial charge in [-0.3, -0.25) is 19.9 Å². The molecule has 1 aliphatic rings. The van der Waals surface area contributed by atoms with E-state index in [4.69, 9.17) is 4.52 Å². The molecule has 1 amide bonds. The van der Waals surface area contributed by atoms with Crippen molar-refractivity contribution in [2.75, 3.05) is 11.9 Å². The third-order valence-electron chi connectivity index (χ3n) is 4.65. The molecule has 0 aliphatic heterocycles. The van der Waals surface area contributed by atoms with Crippen LogP contribution in [0.15, 0.2) is 11.1 Å². The number of aliphatic hydroxyl groups excluding tert-OH is 1. The maximum absolute atomic E-state index is 12.2. The van der Waals surface area contributed by atoms with E-state index in [1.165, 1.54) is 6.33 Å². The van der Waals surface area contributed by atoms with Gasteiger partial charge in [-0.05, 0) is 17.4 Å². The van der Waals surface area contributed by atoms with Gasteiger partial charge in [0.05, 0.1) is 6.33 Å². The third kappa shape index (κ3) is 4.06. The Morgan fingerprint density at radius 2 is 2.30 bits per heavy atom. The lowest BCUT2D eigenvalue weighted by molar-refractivity contribution is -0.190. The van der Waals surface area contributed by atoms with E-state index < -0.39 is 19.9 Å². The highest BCUT2D eigenvalue weighted by Gasteiger charge is 2.39. The molecule has 2 aromatic heterocycles. The fraction of sp³-hybridized carbons (Fsp3) is 0.600. The summed E-state index contributed by atoms with van der Waals surface area (Å²) in [4.78, 5) is 45.8. The van der Waals surface area contributed by atoms with Crippen LogP contribution >= 0.6 is 8.25 Å². The minimum atomic E-state index is -3.04. The highest BCUT2D eigenvalue weighted by Crippen LogP contribution is 2.40. The molecular formula is C15H20N5O6P. The summed E-state index contributed by atoms with van der Waals surface area (Å²) in [5, 5.41) is 12.0. The number of H-pyrrole nitrogens is 1. The third-order valence-corrected chi connectivity index (χ3v) is 5.10. The number of aromatic amines is 1. The van der Waals surface area contributed by atoms with Gasteiger partial charge >= 0.3 is 8.25 Å². The number of aliphatic hydroxyl groups is 1. The lowest BCUT2D eigenvalue weighted by Gasteiger charge is -2.12. The molecular weight excluding hydrogens is 377 g/mol. The van der Waals surface area contributed by atoms with E-state index in [-0.39, 0.29) is 47.5 Å². The Morgan fingerprint density at radius 3 is 2.93 bits per heavy atom. The second-order valence-electron chi connectivity index (χ2n) is 6.82. The van der Waals surface area contributed by atoms with Gasteiger partial charge < -0.3 is 14.6 Å².